The van der Waals surface area contributed by atoms with Crippen molar-refractivity contribution in [2.45, 2.75) is 18.9 Å². The number of carbonyl (C=O) groups excluding carboxylic acids is 1. The topological polar surface area (TPSA) is 42.7 Å². The van der Waals surface area contributed by atoms with Gasteiger partial charge in [-0.1, -0.05) is 47.2 Å². The van der Waals surface area contributed by atoms with Crippen molar-refractivity contribution < 1.29 is 13.9 Å². The Morgan fingerprint density at radius 2 is 2.11 bits per heavy atom. The molecule has 0 aliphatic carbocycles. The highest BCUT2D eigenvalue weighted by atomic mass is 35.5. The van der Waals surface area contributed by atoms with E-state index in [0.717, 1.165) is 25.0 Å². The molecule has 2 aromatic rings. The van der Waals surface area contributed by atoms with E-state index in [1.165, 1.54) is 11.8 Å². The average molecular weight is 440 g/mol. The summed E-state index contributed by atoms with van der Waals surface area (Å²) in [7, 11) is 0. The number of hydrogen-bond acceptors (Lipinski definition) is 5. The van der Waals surface area contributed by atoms with Crippen LogP contribution in [0.1, 0.15) is 18.6 Å². The van der Waals surface area contributed by atoms with Crippen LogP contribution in [-0.2, 0) is 9.53 Å². The van der Waals surface area contributed by atoms with Gasteiger partial charge in [0, 0.05) is 18.2 Å². The van der Waals surface area contributed by atoms with Crippen molar-refractivity contribution in [1.29, 1.82) is 0 Å². The molecule has 1 atom stereocenters. The zero-order valence-corrected chi connectivity index (χ0v) is 17.3. The van der Waals surface area contributed by atoms with Crippen LogP contribution in [0.5, 0.6) is 0 Å². The van der Waals surface area contributed by atoms with Gasteiger partial charge in [0.2, 0.25) is 0 Å². The molecule has 3 heterocycles. The van der Waals surface area contributed by atoms with Crippen LogP contribution < -0.4 is 0 Å². The Morgan fingerprint density at radius 3 is 2.85 bits per heavy atom. The molecule has 4 rings (SSSR count). The molecule has 8 heteroatoms. The van der Waals surface area contributed by atoms with E-state index in [1.807, 2.05) is 18.2 Å². The van der Waals surface area contributed by atoms with Crippen molar-refractivity contribution in [3.63, 3.8) is 0 Å². The van der Waals surface area contributed by atoms with Crippen LogP contribution >= 0.6 is 47.2 Å². The van der Waals surface area contributed by atoms with Crippen LogP contribution in [0.4, 0.5) is 0 Å². The molecule has 27 heavy (non-hydrogen) atoms. The minimum absolute atomic E-state index is 0.0664. The summed E-state index contributed by atoms with van der Waals surface area (Å²) in [4.78, 5) is 14.9. The maximum atomic E-state index is 12.7. The van der Waals surface area contributed by atoms with Gasteiger partial charge >= 0.3 is 0 Å². The average Bonchev–Trinajstić information content (AvgIpc) is 3.37. The van der Waals surface area contributed by atoms with E-state index in [-0.39, 0.29) is 12.0 Å². The minimum atomic E-state index is -0.104. The molecule has 0 unspecified atom stereocenters. The number of nitrogens with zero attached hydrogens (tertiary/aromatic N) is 1. The monoisotopic (exact) mass is 439 g/mol. The summed E-state index contributed by atoms with van der Waals surface area (Å²) in [5.74, 6) is 1.12. The van der Waals surface area contributed by atoms with Crippen molar-refractivity contribution >= 4 is 63.5 Å². The van der Waals surface area contributed by atoms with Gasteiger partial charge < -0.3 is 9.15 Å². The molecule has 4 nitrogen and oxygen atoms in total. The highest BCUT2D eigenvalue weighted by Gasteiger charge is 2.34. The Hall–Kier alpha value is -1.31. The van der Waals surface area contributed by atoms with Crippen molar-refractivity contribution in [3.8, 4) is 11.3 Å². The molecule has 2 fully saturated rings. The first-order chi connectivity index (χ1) is 13.0. The largest absolute Gasteiger partial charge is 0.457 e. The molecule has 0 N–H and O–H groups in total. The molecule has 1 aromatic heterocycles. The van der Waals surface area contributed by atoms with Crippen LogP contribution in [0, 0.1) is 0 Å². The van der Waals surface area contributed by atoms with Crippen molar-refractivity contribution in [1.82, 2.24) is 4.90 Å². The molecule has 2 aliphatic heterocycles. The molecule has 2 saturated heterocycles. The molecular formula is C19H15Cl2NO3S2. The standard InChI is InChI=1S/C19H15Cl2NO3S2/c20-14-5-3-11(8-15(14)21)16-6-4-12(25-16)9-17-18(23)22(19(26)27-17)10-13-2-1-7-24-13/h3-6,8-9,13H,1-2,7,10H2/b17-9+/t13-/m0/s1. The molecule has 2 aliphatic rings. The summed E-state index contributed by atoms with van der Waals surface area (Å²) in [6, 6.07) is 8.94. The Balaban J connectivity index is 1.52. The van der Waals surface area contributed by atoms with Crippen LogP contribution in [-0.4, -0.2) is 34.4 Å². The van der Waals surface area contributed by atoms with Crippen molar-refractivity contribution in [3.05, 3.63) is 51.0 Å². The van der Waals surface area contributed by atoms with Gasteiger partial charge in [-0.25, -0.2) is 0 Å². The van der Waals surface area contributed by atoms with Crippen LogP contribution in [0.15, 0.2) is 39.7 Å². The molecule has 1 aromatic carbocycles. The fourth-order valence-corrected chi connectivity index (χ4v) is 4.57. The smallest absolute Gasteiger partial charge is 0.266 e. The summed E-state index contributed by atoms with van der Waals surface area (Å²) in [6.45, 7) is 1.26. The number of furan rings is 1. The maximum absolute atomic E-state index is 12.7. The van der Waals surface area contributed by atoms with Crippen molar-refractivity contribution in [2.24, 2.45) is 0 Å². The van der Waals surface area contributed by atoms with E-state index in [0.29, 0.717) is 37.3 Å². The van der Waals surface area contributed by atoms with Crippen LogP contribution in [0.2, 0.25) is 10.0 Å². The Kier molecular flexibility index (Phi) is 5.62. The maximum Gasteiger partial charge on any atom is 0.266 e. The molecule has 0 saturated carbocycles. The highest BCUT2D eigenvalue weighted by molar-refractivity contribution is 8.26. The highest BCUT2D eigenvalue weighted by Crippen LogP contribution is 2.35. The number of halogens is 2. The van der Waals surface area contributed by atoms with Gasteiger partial charge in [0.1, 0.15) is 15.8 Å². The number of amides is 1. The lowest BCUT2D eigenvalue weighted by molar-refractivity contribution is -0.123. The SMILES string of the molecule is O=C1/C(=C\c2ccc(-c3ccc(Cl)c(Cl)c3)o2)SC(=S)N1C[C@@H]1CCCO1. The quantitative estimate of drug-likeness (QED) is 0.455. The van der Waals surface area contributed by atoms with E-state index in [2.05, 4.69) is 0 Å². The van der Waals surface area contributed by atoms with Gasteiger partial charge in [-0.3, -0.25) is 9.69 Å². The van der Waals surface area contributed by atoms with E-state index >= 15 is 0 Å². The first kappa shape index (κ1) is 19.0. The predicted octanol–water partition coefficient (Wildman–Crippen LogP) is 5.63. The van der Waals surface area contributed by atoms with Crippen molar-refractivity contribution in [2.75, 3.05) is 13.2 Å². The molecule has 0 bridgehead atoms. The zero-order valence-electron chi connectivity index (χ0n) is 14.1. The van der Waals surface area contributed by atoms with Crippen LogP contribution in [0.3, 0.4) is 0 Å². The summed E-state index contributed by atoms with van der Waals surface area (Å²) >= 11 is 18.7. The molecular weight excluding hydrogens is 425 g/mol. The van der Waals surface area contributed by atoms with Gasteiger partial charge in [-0.05, 0) is 43.2 Å². The Bertz CT molecular complexity index is 935. The Labute approximate surface area is 176 Å². The summed E-state index contributed by atoms with van der Waals surface area (Å²) in [6.07, 6.45) is 3.77. The lowest BCUT2D eigenvalue weighted by Gasteiger charge is -2.18. The molecule has 0 spiro atoms. The van der Waals surface area contributed by atoms with Gasteiger partial charge in [-0.2, -0.15) is 0 Å². The fraction of sp³-hybridized carbons (Fsp3) is 0.263. The summed E-state index contributed by atoms with van der Waals surface area (Å²) < 4.78 is 12.0. The van der Waals surface area contributed by atoms with Gasteiger partial charge in [-0.15, -0.1) is 0 Å². The third-order valence-corrected chi connectivity index (χ3v) is 6.50. The number of ether oxygens (including phenoxy) is 1. The van der Waals surface area contributed by atoms with E-state index in [9.17, 15) is 4.79 Å². The number of benzene rings is 1. The van der Waals surface area contributed by atoms with Gasteiger partial charge in [0.05, 0.1) is 27.6 Å². The lowest BCUT2D eigenvalue weighted by atomic mass is 10.2. The predicted molar refractivity (Wildman–Crippen MR) is 113 cm³/mol. The molecule has 0 radical (unpaired) electrons. The van der Waals surface area contributed by atoms with E-state index in [4.69, 9.17) is 44.6 Å². The first-order valence-corrected chi connectivity index (χ1v) is 10.4. The number of rotatable bonds is 4. The third kappa shape index (κ3) is 4.10. The number of thiocarbonyl (C=S) groups is 1. The summed E-state index contributed by atoms with van der Waals surface area (Å²) in [5.41, 5.74) is 0.815. The number of hydrogen-bond donors (Lipinski definition) is 0. The third-order valence-electron chi connectivity index (χ3n) is 4.39. The lowest BCUT2D eigenvalue weighted by Crippen LogP contribution is -2.35. The minimum Gasteiger partial charge on any atom is -0.457 e. The van der Waals surface area contributed by atoms with E-state index in [1.54, 1.807) is 23.1 Å². The second-order valence-electron chi connectivity index (χ2n) is 6.26. The van der Waals surface area contributed by atoms with E-state index < -0.39 is 0 Å². The second kappa shape index (κ2) is 7.97. The summed E-state index contributed by atoms with van der Waals surface area (Å²) in [5, 5.41) is 0.948. The molecule has 1 amide bonds. The van der Waals surface area contributed by atoms with Gasteiger partial charge in [0.25, 0.3) is 5.91 Å². The number of thioether (sulfide) groups is 1. The Morgan fingerprint density at radius 1 is 1.26 bits per heavy atom. The van der Waals surface area contributed by atoms with Gasteiger partial charge in [0.15, 0.2) is 0 Å². The normalized spacial score (nSPS) is 21.6. The first-order valence-electron chi connectivity index (χ1n) is 8.43. The second-order valence-corrected chi connectivity index (χ2v) is 8.75. The van der Waals surface area contributed by atoms with Crippen LogP contribution in [0.25, 0.3) is 17.4 Å². The number of carbonyl (C=O) groups is 1. The fourth-order valence-electron chi connectivity index (χ4n) is 3.01. The zero-order chi connectivity index (χ0) is 19.0. The molecule has 140 valence electrons.